The SMILES string of the molecule is COCC(=O)Nc1cc(Cl)ccc1C(=O)N(C)C. The van der Waals surface area contributed by atoms with Crippen molar-refractivity contribution in [3.05, 3.63) is 28.8 Å². The number of methoxy groups -OCH3 is 1. The van der Waals surface area contributed by atoms with Crippen LogP contribution in [-0.4, -0.2) is 44.5 Å². The molecule has 98 valence electrons. The molecule has 0 aliphatic rings. The quantitative estimate of drug-likeness (QED) is 0.905. The van der Waals surface area contributed by atoms with Gasteiger partial charge in [-0.1, -0.05) is 11.6 Å². The maximum absolute atomic E-state index is 11.9. The van der Waals surface area contributed by atoms with Crippen LogP contribution in [0.25, 0.3) is 0 Å². The van der Waals surface area contributed by atoms with Gasteiger partial charge in [-0.25, -0.2) is 0 Å². The fraction of sp³-hybridized carbons (Fsp3) is 0.333. The summed E-state index contributed by atoms with van der Waals surface area (Å²) in [5, 5.41) is 3.03. The summed E-state index contributed by atoms with van der Waals surface area (Å²) in [6, 6.07) is 4.71. The Hall–Kier alpha value is -1.59. The summed E-state index contributed by atoms with van der Waals surface area (Å²) in [5.74, 6) is -0.549. The second-order valence-electron chi connectivity index (χ2n) is 3.87. The van der Waals surface area contributed by atoms with E-state index in [0.717, 1.165) is 0 Å². The van der Waals surface area contributed by atoms with E-state index in [1.165, 1.54) is 18.1 Å². The largest absolute Gasteiger partial charge is 0.375 e. The summed E-state index contributed by atoms with van der Waals surface area (Å²) >= 11 is 5.85. The van der Waals surface area contributed by atoms with E-state index in [2.05, 4.69) is 5.32 Å². The van der Waals surface area contributed by atoms with Crippen molar-refractivity contribution in [2.45, 2.75) is 0 Å². The summed E-state index contributed by atoms with van der Waals surface area (Å²) in [5.41, 5.74) is 0.761. The van der Waals surface area contributed by atoms with Crippen molar-refractivity contribution in [3.63, 3.8) is 0 Å². The predicted molar refractivity (Wildman–Crippen MR) is 70.0 cm³/mol. The normalized spacial score (nSPS) is 10.0. The molecule has 0 aromatic heterocycles. The number of rotatable bonds is 4. The number of amides is 2. The van der Waals surface area contributed by atoms with Gasteiger partial charge in [-0.3, -0.25) is 9.59 Å². The second kappa shape index (κ2) is 6.37. The minimum Gasteiger partial charge on any atom is -0.375 e. The average Bonchev–Trinajstić information content (AvgIpc) is 2.28. The van der Waals surface area contributed by atoms with Gasteiger partial charge in [0.2, 0.25) is 5.91 Å². The zero-order valence-corrected chi connectivity index (χ0v) is 11.2. The predicted octanol–water partition coefficient (Wildman–Crippen LogP) is 1.63. The summed E-state index contributed by atoms with van der Waals surface area (Å²) < 4.78 is 4.71. The highest BCUT2D eigenvalue weighted by Crippen LogP contribution is 2.22. The van der Waals surface area contributed by atoms with Gasteiger partial charge in [0.15, 0.2) is 0 Å². The van der Waals surface area contributed by atoms with Gasteiger partial charge in [0.05, 0.1) is 11.3 Å². The van der Waals surface area contributed by atoms with Crippen molar-refractivity contribution in [2.24, 2.45) is 0 Å². The summed E-state index contributed by atoms with van der Waals surface area (Å²) in [6.07, 6.45) is 0. The topological polar surface area (TPSA) is 58.6 Å². The van der Waals surface area contributed by atoms with Crippen molar-refractivity contribution in [2.75, 3.05) is 33.1 Å². The van der Waals surface area contributed by atoms with E-state index in [-0.39, 0.29) is 18.4 Å². The van der Waals surface area contributed by atoms with E-state index in [0.29, 0.717) is 16.3 Å². The molecule has 6 heteroatoms. The molecule has 0 spiro atoms. The number of carbonyl (C=O) groups excluding carboxylic acids is 2. The number of hydrogen-bond donors (Lipinski definition) is 1. The lowest BCUT2D eigenvalue weighted by atomic mass is 10.1. The van der Waals surface area contributed by atoms with E-state index < -0.39 is 0 Å². The molecule has 5 nitrogen and oxygen atoms in total. The molecule has 1 rings (SSSR count). The van der Waals surface area contributed by atoms with E-state index in [9.17, 15) is 9.59 Å². The Morgan fingerprint density at radius 2 is 2.06 bits per heavy atom. The van der Waals surface area contributed by atoms with E-state index >= 15 is 0 Å². The van der Waals surface area contributed by atoms with Crippen LogP contribution in [0, 0.1) is 0 Å². The van der Waals surface area contributed by atoms with Crippen molar-refractivity contribution < 1.29 is 14.3 Å². The van der Waals surface area contributed by atoms with Crippen LogP contribution in [0.3, 0.4) is 0 Å². The van der Waals surface area contributed by atoms with Crippen LogP contribution in [0.5, 0.6) is 0 Å². The smallest absolute Gasteiger partial charge is 0.255 e. The number of ether oxygens (including phenoxy) is 1. The van der Waals surface area contributed by atoms with Crippen LogP contribution in [-0.2, 0) is 9.53 Å². The average molecular weight is 271 g/mol. The molecule has 0 saturated heterocycles. The molecule has 0 atom stereocenters. The highest BCUT2D eigenvalue weighted by molar-refractivity contribution is 6.31. The molecule has 0 bridgehead atoms. The lowest BCUT2D eigenvalue weighted by molar-refractivity contribution is -0.119. The van der Waals surface area contributed by atoms with Crippen LogP contribution in [0.1, 0.15) is 10.4 Å². The molecule has 0 heterocycles. The molecule has 1 aromatic rings. The molecule has 0 aliphatic heterocycles. The van der Waals surface area contributed by atoms with Crippen LogP contribution >= 0.6 is 11.6 Å². The first-order valence-electron chi connectivity index (χ1n) is 5.25. The first kappa shape index (κ1) is 14.5. The van der Waals surface area contributed by atoms with E-state index in [4.69, 9.17) is 16.3 Å². The van der Waals surface area contributed by atoms with Gasteiger partial charge < -0.3 is 15.0 Å². The molecule has 2 amide bonds. The lowest BCUT2D eigenvalue weighted by Gasteiger charge is -2.15. The number of hydrogen-bond acceptors (Lipinski definition) is 3. The molecule has 0 aliphatic carbocycles. The number of nitrogens with one attached hydrogen (secondary N) is 1. The van der Waals surface area contributed by atoms with Gasteiger partial charge in [-0.05, 0) is 18.2 Å². The first-order chi connectivity index (χ1) is 8.45. The maximum atomic E-state index is 11.9. The third-order valence-corrected chi connectivity index (χ3v) is 2.40. The summed E-state index contributed by atoms with van der Waals surface area (Å²) in [7, 11) is 4.69. The molecule has 1 N–H and O–H groups in total. The van der Waals surface area contributed by atoms with Gasteiger partial charge in [-0.2, -0.15) is 0 Å². The Balaban J connectivity index is 3.04. The highest BCUT2D eigenvalue weighted by Gasteiger charge is 2.15. The minimum atomic E-state index is -0.340. The molecule has 0 saturated carbocycles. The monoisotopic (exact) mass is 270 g/mol. The second-order valence-corrected chi connectivity index (χ2v) is 4.31. The minimum absolute atomic E-state index is 0.0812. The van der Waals surface area contributed by atoms with Crippen molar-refractivity contribution in [1.82, 2.24) is 4.90 Å². The number of nitrogens with zero attached hydrogens (tertiary/aromatic N) is 1. The molecule has 0 unspecified atom stereocenters. The first-order valence-corrected chi connectivity index (χ1v) is 5.63. The Morgan fingerprint density at radius 1 is 1.39 bits per heavy atom. The number of anilines is 1. The fourth-order valence-corrected chi connectivity index (χ4v) is 1.54. The Kier molecular flexibility index (Phi) is 5.12. The third-order valence-electron chi connectivity index (χ3n) is 2.17. The highest BCUT2D eigenvalue weighted by atomic mass is 35.5. The van der Waals surface area contributed by atoms with Crippen LogP contribution < -0.4 is 5.32 Å². The van der Waals surface area contributed by atoms with Gasteiger partial charge in [0.1, 0.15) is 6.61 Å². The number of halogens is 1. The van der Waals surface area contributed by atoms with Gasteiger partial charge in [0, 0.05) is 26.2 Å². The third kappa shape index (κ3) is 3.72. The molecule has 1 aromatic carbocycles. The van der Waals surface area contributed by atoms with Crippen molar-refractivity contribution in [1.29, 1.82) is 0 Å². The molecule has 0 radical (unpaired) electrons. The van der Waals surface area contributed by atoms with Crippen LogP contribution in [0.4, 0.5) is 5.69 Å². The lowest BCUT2D eigenvalue weighted by Crippen LogP contribution is -2.25. The summed E-state index contributed by atoms with van der Waals surface area (Å²) in [4.78, 5) is 24.8. The molecular weight excluding hydrogens is 256 g/mol. The molecule has 0 fully saturated rings. The van der Waals surface area contributed by atoms with Gasteiger partial charge >= 0.3 is 0 Å². The van der Waals surface area contributed by atoms with Crippen LogP contribution in [0.15, 0.2) is 18.2 Å². The summed E-state index contributed by atoms with van der Waals surface area (Å²) in [6.45, 7) is -0.0812. The van der Waals surface area contributed by atoms with E-state index in [1.807, 2.05) is 0 Å². The Bertz CT molecular complexity index is 461. The van der Waals surface area contributed by atoms with Gasteiger partial charge in [-0.15, -0.1) is 0 Å². The van der Waals surface area contributed by atoms with Crippen molar-refractivity contribution >= 4 is 29.1 Å². The zero-order valence-electron chi connectivity index (χ0n) is 10.5. The number of carbonyl (C=O) groups is 2. The Labute approximate surface area is 111 Å². The fourth-order valence-electron chi connectivity index (χ4n) is 1.36. The van der Waals surface area contributed by atoms with Crippen molar-refractivity contribution in [3.8, 4) is 0 Å². The standard InChI is InChI=1S/C12H15ClN2O3/c1-15(2)12(17)9-5-4-8(13)6-10(9)14-11(16)7-18-3/h4-6H,7H2,1-3H3,(H,14,16). The maximum Gasteiger partial charge on any atom is 0.255 e. The zero-order chi connectivity index (χ0) is 13.7. The molecular formula is C12H15ClN2O3. The van der Waals surface area contributed by atoms with Gasteiger partial charge in [0.25, 0.3) is 5.91 Å². The van der Waals surface area contributed by atoms with Crippen LogP contribution in [0.2, 0.25) is 5.02 Å². The molecule has 18 heavy (non-hydrogen) atoms. The van der Waals surface area contributed by atoms with E-state index in [1.54, 1.807) is 26.2 Å². The Morgan fingerprint density at radius 3 is 2.61 bits per heavy atom. The number of benzene rings is 1.